The van der Waals surface area contributed by atoms with E-state index in [1.165, 1.54) is 43.6 Å². The van der Waals surface area contributed by atoms with E-state index in [-0.39, 0.29) is 0 Å². The minimum atomic E-state index is 0.814. The smallest absolute Gasteiger partial charge is 0.159 e. The van der Waals surface area contributed by atoms with Gasteiger partial charge < -0.3 is 19.0 Å². The van der Waals surface area contributed by atoms with E-state index in [0.29, 0.717) is 0 Å². The predicted molar refractivity (Wildman–Crippen MR) is 276 cm³/mol. The van der Waals surface area contributed by atoms with Crippen molar-refractivity contribution < 1.29 is 9.15 Å². The largest absolute Gasteiger partial charge is 0.456 e. The molecule has 1 aliphatic heterocycles. The lowest BCUT2D eigenvalue weighted by molar-refractivity contribution is 0.487. The average molecular weight is 847 g/mol. The fourth-order valence-corrected chi connectivity index (χ4v) is 10.4. The Balaban J connectivity index is 1.04. The normalized spacial score (nSPS) is 11.9. The number of hydrogen-bond acceptors (Lipinski definition) is 4. The first-order chi connectivity index (χ1) is 32.6. The molecule has 0 spiro atoms. The van der Waals surface area contributed by atoms with Crippen LogP contribution in [-0.4, -0.2) is 0 Å². The Morgan fingerprint density at radius 3 is 1.80 bits per heavy atom. The lowest BCUT2D eigenvalue weighted by Crippen LogP contribution is -2.12. The first kappa shape index (κ1) is 37.9. The van der Waals surface area contributed by atoms with Crippen LogP contribution in [0.1, 0.15) is 11.1 Å². The van der Waals surface area contributed by atoms with Crippen molar-refractivity contribution in [3.8, 4) is 33.8 Å². The van der Waals surface area contributed by atoms with Gasteiger partial charge in [0.2, 0.25) is 0 Å². The zero-order valence-corrected chi connectivity index (χ0v) is 36.5. The second-order valence-corrected chi connectivity index (χ2v) is 17.4. The number of nitrogens with zero attached hydrogens (tertiary/aromatic N) is 2. The summed E-state index contributed by atoms with van der Waals surface area (Å²) in [6.07, 6.45) is 0. The summed E-state index contributed by atoms with van der Waals surface area (Å²) in [5, 5.41) is 9.25. The molecular formula is C62H42N2O2. The van der Waals surface area contributed by atoms with Crippen molar-refractivity contribution in [3.05, 3.63) is 230 Å². The minimum Gasteiger partial charge on any atom is -0.456 e. The molecule has 0 N–H and O–H groups in total. The van der Waals surface area contributed by atoms with Crippen molar-refractivity contribution in [1.29, 1.82) is 0 Å². The Hall–Kier alpha value is -8.60. The van der Waals surface area contributed by atoms with Gasteiger partial charge in [-0.1, -0.05) is 145 Å². The fraction of sp³-hybridized carbons (Fsp3) is 0.0323. The van der Waals surface area contributed by atoms with Crippen molar-refractivity contribution >= 4 is 88.4 Å². The molecule has 0 saturated carbocycles. The van der Waals surface area contributed by atoms with Crippen molar-refractivity contribution in [3.63, 3.8) is 0 Å². The van der Waals surface area contributed by atoms with E-state index in [1.54, 1.807) is 0 Å². The van der Waals surface area contributed by atoms with Gasteiger partial charge in [-0.3, -0.25) is 0 Å². The van der Waals surface area contributed by atoms with Gasteiger partial charge in [-0.2, -0.15) is 0 Å². The summed E-state index contributed by atoms with van der Waals surface area (Å²) in [5.41, 5.74) is 14.9. The third-order valence-corrected chi connectivity index (χ3v) is 13.3. The summed E-state index contributed by atoms with van der Waals surface area (Å²) in [6, 6.07) is 78.3. The molecule has 66 heavy (non-hydrogen) atoms. The average Bonchev–Trinajstić information content (AvgIpc) is 3.75. The Labute approximate surface area is 382 Å². The van der Waals surface area contributed by atoms with Crippen LogP contribution in [0.15, 0.2) is 223 Å². The number of benzene rings is 11. The molecule has 13 rings (SSSR count). The van der Waals surface area contributed by atoms with Crippen LogP contribution in [0, 0.1) is 13.8 Å². The molecule has 12 aromatic rings. The number of para-hydroxylation sites is 5. The van der Waals surface area contributed by atoms with Crippen LogP contribution < -0.4 is 14.5 Å². The minimum absolute atomic E-state index is 0.814. The van der Waals surface area contributed by atoms with Crippen LogP contribution in [0.5, 0.6) is 11.5 Å². The van der Waals surface area contributed by atoms with E-state index < -0.39 is 0 Å². The topological polar surface area (TPSA) is 28.9 Å². The fourth-order valence-electron chi connectivity index (χ4n) is 10.4. The van der Waals surface area contributed by atoms with E-state index in [0.717, 1.165) is 89.6 Å². The molecule has 0 unspecified atom stereocenters. The summed E-state index contributed by atoms with van der Waals surface area (Å²) in [4.78, 5) is 4.72. The molecule has 0 aliphatic carbocycles. The number of aryl methyl sites for hydroxylation is 2. The van der Waals surface area contributed by atoms with Gasteiger partial charge in [-0.05, 0) is 125 Å². The molecule has 1 aliphatic rings. The van der Waals surface area contributed by atoms with Crippen molar-refractivity contribution in [2.45, 2.75) is 13.8 Å². The van der Waals surface area contributed by atoms with Gasteiger partial charge >= 0.3 is 0 Å². The van der Waals surface area contributed by atoms with Gasteiger partial charge in [0.15, 0.2) is 5.58 Å². The van der Waals surface area contributed by atoms with E-state index in [1.807, 2.05) is 12.1 Å². The van der Waals surface area contributed by atoms with Gasteiger partial charge in [-0.25, -0.2) is 0 Å². The number of fused-ring (bicyclic) bond motifs is 9. The number of anilines is 6. The monoisotopic (exact) mass is 846 g/mol. The van der Waals surface area contributed by atoms with Gasteiger partial charge in [0.25, 0.3) is 0 Å². The lowest BCUT2D eigenvalue weighted by atomic mass is 9.87. The van der Waals surface area contributed by atoms with Crippen LogP contribution in [-0.2, 0) is 0 Å². The summed E-state index contributed by atoms with van der Waals surface area (Å²) in [6.45, 7) is 4.37. The molecule has 0 fully saturated rings. The maximum absolute atomic E-state index is 7.10. The predicted octanol–water partition coefficient (Wildman–Crippen LogP) is 18.0. The molecule has 0 atom stereocenters. The molecule has 4 nitrogen and oxygen atoms in total. The van der Waals surface area contributed by atoms with Gasteiger partial charge in [-0.15, -0.1) is 0 Å². The summed E-state index contributed by atoms with van der Waals surface area (Å²) in [5.74, 6) is 1.67. The van der Waals surface area contributed by atoms with Gasteiger partial charge in [0, 0.05) is 50.1 Å². The first-order valence-electron chi connectivity index (χ1n) is 22.6. The van der Waals surface area contributed by atoms with E-state index in [2.05, 4.69) is 230 Å². The SMILES string of the molecule is Cc1ccc2c(N(c3ccccc3)c3ccccc3-c3ccccc3)cc3c4cc(C)cc5c4c(cc3c2c1)-c1ccc(N(c2ccccc2)c2cccc3c2oc2ccccc23)cc1O5. The van der Waals surface area contributed by atoms with Crippen molar-refractivity contribution in [2.75, 3.05) is 9.80 Å². The van der Waals surface area contributed by atoms with Crippen LogP contribution in [0.3, 0.4) is 0 Å². The van der Waals surface area contributed by atoms with Crippen LogP contribution in [0.25, 0.3) is 76.5 Å². The van der Waals surface area contributed by atoms with Gasteiger partial charge in [0.05, 0.1) is 22.7 Å². The Morgan fingerprint density at radius 1 is 0.333 bits per heavy atom. The molecule has 0 bridgehead atoms. The van der Waals surface area contributed by atoms with E-state index in [4.69, 9.17) is 9.15 Å². The highest BCUT2D eigenvalue weighted by Crippen LogP contribution is 2.54. The number of ether oxygens (including phenoxy) is 1. The zero-order valence-electron chi connectivity index (χ0n) is 36.5. The van der Waals surface area contributed by atoms with Crippen LogP contribution in [0.2, 0.25) is 0 Å². The molecule has 312 valence electrons. The molecule has 2 heterocycles. The lowest BCUT2D eigenvalue weighted by Gasteiger charge is -2.30. The molecule has 4 heteroatoms. The third-order valence-electron chi connectivity index (χ3n) is 13.3. The maximum Gasteiger partial charge on any atom is 0.159 e. The highest BCUT2D eigenvalue weighted by atomic mass is 16.5. The first-order valence-corrected chi connectivity index (χ1v) is 22.6. The highest BCUT2D eigenvalue weighted by molar-refractivity contribution is 6.26. The van der Waals surface area contributed by atoms with Crippen LogP contribution in [0.4, 0.5) is 34.1 Å². The maximum atomic E-state index is 7.10. The third kappa shape index (κ3) is 5.99. The van der Waals surface area contributed by atoms with E-state index in [9.17, 15) is 0 Å². The zero-order chi connectivity index (χ0) is 43.9. The quantitative estimate of drug-likeness (QED) is 0.149. The second-order valence-electron chi connectivity index (χ2n) is 17.4. The standard InChI is InChI=1S/C62H42N2O2/c1-39-29-31-46-50(33-39)51-37-54-48-32-30-44(63(42-19-8-4-9-20-42)56-27-16-25-49-47-24-13-15-28-58(47)66-62(49)56)36-59(48)65-60-35-40(2)34-53(61(54)60)52(51)38-57(46)64(43-21-10-5-11-22-43)55-26-14-12-23-45(55)41-17-6-3-7-18-41/h3-38H,1-2H3. The molecule has 1 aromatic heterocycles. The van der Waals surface area contributed by atoms with Crippen molar-refractivity contribution in [2.24, 2.45) is 0 Å². The summed E-state index contributed by atoms with van der Waals surface area (Å²) in [7, 11) is 0. The molecule has 11 aromatic carbocycles. The molecular weight excluding hydrogens is 805 g/mol. The van der Waals surface area contributed by atoms with Gasteiger partial charge in [0.1, 0.15) is 17.1 Å². The summed E-state index contributed by atoms with van der Waals surface area (Å²) < 4.78 is 13.7. The van der Waals surface area contributed by atoms with E-state index >= 15 is 0 Å². The number of hydrogen-bond donors (Lipinski definition) is 0. The number of rotatable bonds is 7. The Kier molecular flexibility index (Phi) is 8.62. The molecule has 0 radical (unpaired) electrons. The summed E-state index contributed by atoms with van der Waals surface area (Å²) >= 11 is 0. The Morgan fingerprint density at radius 2 is 0.985 bits per heavy atom. The second kappa shape index (κ2) is 15.0. The van der Waals surface area contributed by atoms with Crippen LogP contribution >= 0.6 is 0 Å². The molecule has 0 saturated heterocycles. The number of furan rings is 1. The van der Waals surface area contributed by atoms with Crippen molar-refractivity contribution in [1.82, 2.24) is 0 Å². The highest BCUT2D eigenvalue weighted by Gasteiger charge is 2.28. The Bertz CT molecular complexity index is 3880. The molecule has 0 amide bonds.